The Hall–Kier alpha value is -1.32. The molecule has 0 N–H and O–H groups in total. The van der Waals surface area contributed by atoms with E-state index in [-0.39, 0.29) is 6.10 Å². The third-order valence-corrected chi connectivity index (χ3v) is 7.21. The fourth-order valence-electron chi connectivity index (χ4n) is 4.57. The highest BCUT2D eigenvalue weighted by Gasteiger charge is 2.13. The third kappa shape index (κ3) is 27.5. The zero-order valence-corrected chi connectivity index (χ0v) is 27.9. The van der Waals surface area contributed by atoms with E-state index in [0.717, 1.165) is 30.7 Å². The molecule has 0 saturated carbocycles. The fraction of sp³-hybridized carbons (Fsp3) is 0.882. The summed E-state index contributed by atoms with van der Waals surface area (Å²) >= 11 is 0. The Morgan fingerprint density at radius 3 is 1.48 bits per heavy atom. The predicted octanol–water partition coefficient (Wildman–Crippen LogP) is 7.26. The Morgan fingerprint density at radius 2 is 0.976 bits per heavy atom. The van der Waals surface area contributed by atoms with Crippen LogP contribution in [0.15, 0.2) is 18.5 Å². The molecule has 0 aromatic carbocycles. The van der Waals surface area contributed by atoms with E-state index in [1.165, 1.54) is 96.3 Å². The summed E-state index contributed by atoms with van der Waals surface area (Å²) in [6.07, 6.45) is 25.0. The maximum absolute atomic E-state index is 5.93. The number of ether oxygens (including phenoxy) is 5. The fourth-order valence-corrected chi connectivity index (χ4v) is 4.57. The van der Waals surface area contributed by atoms with Crippen LogP contribution in [-0.2, 0) is 18.9 Å². The van der Waals surface area contributed by atoms with Crippen molar-refractivity contribution in [1.29, 1.82) is 0 Å². The summed E-state index contributed by atoms with van der Waals surface area (Å²) in [7, 11) is 6.47. The first kappa shape index (κ1) is 38.7. The second-order valence-electron chi connectivity index (χ2n) is 12.5. The zero-order valence-electron chi connectivity index (χ0n) is 27.9. The summed E-state index contributed by atoms with van der Waals surface area (Å²) in [5.74, 6) is 0. The lowest BCUT2D eigenvalue weighted by Gasteiger charge is -2.23. The van der Waals surface area contributed by atoms with Gasteiger partial charge >= 0.3 is 6.01 Å². The molecule has 0 aliphatic heterocycles. The summed E-state index contributed by atoms with van der Waals surface area (Å²) in [6, 6.07) is 2.12. The molecule has 1 rings (SSSR count). The van der Waals surface area contributed by atoms with E-state index < -0.39 is 0 Å². The van der Waals surface area contributed by atoms with E-state index in [4.69, 9.17) is 23.7 Å². The van der Waals surface area contributed by atoms with Gasteiger partial charge in [0.25, 0.3) is 0 Å². The van der Waals surface area contributed by atoms with Crippen molar-refractivity contribution in [2.24, 2.45) is 0 Å². The highest BCUT2D eigenvalue weighted by atomic mass is 16.6. The molecular formula is C34H66N3O5+. The number of likely N-dealkylation sites (N-methyl/N-ethyl adjacent to an activating group) is 1. The molecule has 0 bridgehead atoms. The minimum Gasteiger partial charge on any atom is -0.455 e. The summed E-state index contributed by atoms with van der Waals surface area (Å²) in [5, 5.41) is 0. The Morgan fingerprint density at radius 1 is 0.548 bits per heavy atom. The number of rotatable bonds is 32. The van der Waals surface area contributed by atoms with Crippen molar-refractivity contribution in [1.82, 2.24) is 9.97 Å². The van der Waals surface area contributed by atoms with Gasteiger partial charge in [0.05, 0.1) is 67.4 Å². The van der Waals surface area contributed by atoms with Crippen molar-refractivity contribution in [2.75, 3.05) is 80.5 Å². The van der Waals surface area contributed by atoms with Crippen molar-refractivity contribution in [3.63, 3.8) is 0 Å². The predicted molar refractivity (Wildman–Crippen MR) is 172 cm³/mol. The minimum atomic E-state index is -0.257. The Labute approximate surface area is 258 Å². The van der Waals surface area contributed by atoms with Crippen LogP contribution < -0.4 is 4.74 Å². The van der Waals surface area contributed by atoms with Gasteiger partial charge in [0.15, 0.2) is 0 Å². The van der Waals surface area contributed by atoms with Crippen molar-refractivity contribution in [3.8, 4) is 6.01 Å². The standard InChI is InChI=1S/C34H66N3O5/c1-5-6-7-8-9-10-11-12-13-14-15-16-17-18-19-20-25-40-31-33(42-34-35-22-21-23-36-34)32-41-30-29-39-28-27-38-26-24-37(2,3)4/h21-23,33H,5-20,24-32H2,1-4H3/q+1. The molecule has 1 heterocycles. The number of aromatic nitrogens is 2. The SMILES string of the molecule is CCCCCCCCCCCCCCCCCCOCC(COCCOCCOCC[N+](C)(C)C)Oc1ncccn1. The largest absolute Gasteiger partial charge is 0.455 e. The van der Waals surface area contributed by atoms with Gasteiger partial charge in [0.2, 0.25) is 0 Å². The molecule has 42 heavy (non-hydrogen) atoms. The maximum atomic E-state index is 5.93. The van der Waals surface area contributed by atoms with Gasteiger partial charge in [-0.2, -0.15) is 0 Å². The van der Waals surface area contributed by atoms with Crippen molar-refractivity contribution < 1.29 is 28.2 Å². The van der Waals surface area contributed by atoms with Gasteiger partial charge in [-0.1, -0.05) is 103 Å². The monoisotopic (exact) mass is 596 g/mol. The van der Waals surface area contributed by atoms with Crippen molar-refractivity contribution in [3.05, 3.63) is 18.5 Å². The van der Waals surface area contributed by atoms with Gasteiger partial charge in [0.1, 0.15) is 12.6 Å². The second kappa shape index (κ2) is 28.5. The average Bonchev–Trinajstić information content (AvgIpc) is 2.97. The number of unbranched alkanes of at least 4 members (excludes halogenated alkanes) is 15. The first-order chi connectivity index (χ1) is 20.5. The van der Waals surface area contributed by atoms with Gasteiger partial charge in [-0.3, -0.25) is 0 Å². The molecule has 1 atom stereocenters. The number of quaternary nitrogens is 1. The van der Waals surface area contributed by atoms with Gasteiger partial charge in [0, 0.05) is 19.0 Å². The lowest BCUT2D eigenvalue weighted by Crippen LogP contribution is -2.37. The number of hydrogen-bond donors (Lipinski definition) is 0. The topological polar surface area (TPSA) is 71.9 Å². The molecule has 0 amide bonds. The molecule has 1 aromatic heterocycles. The normalized spacial score (nSPS) is 12.6. The van der Waals surface area contributed by atoms with Crippen LogP contribution in [0.25, 0.3) is 0 Å². The van der Waals surface area contributed by atoms with Crippen LogP contribution in [0.1, 0.15) is 110 Å². The molecule has 0 aliphatic rings. The molecule has 0 fully saturated rings. The van der Waals surface area contributed by atoms with Crippen LogP contribution in [0.3, 0.4) is 0 Å². The molecule has 1 unspecified atom stereocenters. The summed E-state index contributed by atoms with van der Waals surface area (Å²) < 4.78 is 29.8. The lowest BCUT2D eigenvalue weighted by molar-refractivity contribution is -0.870. The van der Waals surface area contributed by atoms with Crippen molar-refractivity contribution in [2.45, 2.75) is 116 Å². The molecule has 0 aliphatic carbocycles. The van der Waals surface area contributed by atoms with Gasteiger partial charge < -0.3 is 28.2 Å². The van der Waals surface area contributed by atoms with Crippen LogP contribution >= 0.6 is 0 Å². The zero-order chi connectivity index (χ0) is 30.4. The Kier molecular flexibility index (Phi) is 26.2. The second-order valence-corrected chi connectivity index (χ2v) is 12.5. The van der Waals surface area contributed by atoms with E-state index in [9.17, 15) is 0 Å². The summed E-state index contributed by atoms with van der Waals surface area (Å²) in [6.45, 7) is 7.80. The summed E-state index contributed by atoms with van der Waals surface area (Å²) in [5.41, 5.74) is 0. The minimum absolute atomic E-state index is 0.257. The van der Waals surface area contributed by atoms with Crippen LogP contribution in [0.5, 0.6) is 6.01 Å². The number of nitrogens with zero attached hydrogens (tertiary/aromatic N) is 3. The van der Waals surface area contributed by atoms with E-state index in [2.05, 4.69) is 38.0 Å². The Bertz CT molecular complexity index is 675. The molecule has 0 spiro atoms. The van der Waals surface area contributed by atoms with Gasteiger partial charge in [-0.05, 0) is 12.5 Å². The molecule has 8 heteroatoms. The molecule has 1 aromatic rings. The van der Waals surface area contributed by atoms with E-state index in [1.807, 2.05) is 0 Å². The quantitative estimate of drug-likeness (QED) is 0.0640. The van der Waals surface area contributed by atoms with Crippen LogP contribution in [0, 0.1) is 0 Å². The summed E-state index contributed by atoms with van der Waals surface area (Å²) in [4.78, 5) is 8.35. The molecule has 8 nitrogen and oxygen atoms in total. The number of hydrogen-bond acceptors (Lipinski definition) is 7. The van der Waals surface area contributed by atoms with Crippen LogP contribution in [0.2, 0.25) is 0 Å². The van der Waals surface area contributed by atoms with Crippen LogP contribution in [-0.4, -0.2) is 101 Å². The first-order valence-corrected chi connectivity index (χ1v) is 17.1. The molecule has 0 saturated heterocycles. The van der Waals surface area contributed by atoms with Gasteiger partial charge in [-0.15, -0.1) is 0 Å². The lowest BCUT2D eigenvalue weighted by atomic mass is 10.0. The highest BCUT2D eigenvalue weighted by Crippen LogP contribution is 2.14. The first-order valence-electron chi connectivity index (χ1n) is 17.1. The molecule has 0 radical (unpaired) electrons. The Balaban J connectivity index is 2.00. The molecule has 246 valence electrons. The van der Waals surface area contributed by atoms with E-state index in [0.29, 0.717) is 45.7 Å². The van der Waals surface area contributed by atoms with E-state index in [1.54, 1.807) is 18.5 Å². The van der Waals surface area contributed by atoms with E-state index >= 15 is 0 Å². The molecular weight excluding hydrogens is 530 g/mol. The highest BCUT2D eigenvalue weighted by molar-refractivity contribution is 4.94. The third-order valence-electron chi connectivity index (χ3n) is 7.21. The smallest absolute Gasteiger partial charge is 0.316 e. The maximum Gasteiger partial charge on any atom is 0.316 e. The average molecular weight is 597 g/mol. The van der Waals surface area contributed by atoms with Crippen molar-refractivity contribution >= 4 is 0 Å². The van der Waals surface area contributed by atoms with Crippen LogP contribution in [0.4, 0.5) is 0 Å². The van der Waals surface area contributed by atoms with Gasteiger partial charge in [-0.25, -0.2) is 9.97 Å².